The number of fused-ring (bicyclic) bond motifs is 1. The molecule has 1 saturated carbocycles. The van der Waals surface area contributed by atoms with Crippen LogP contribution >= 0.6 is 0 Å². The Balaban J connectivity index is 2.20. The Labute approximate surface area is 94.2 Å². The van der Waals surface area contributed by atoms with Crippen molar-refractivity contribution in [2.75, 3.05) is 18.1 Å². The fourth-order valence-corrected chi connectivity index (χ4v) is 2.54. The number of rotatable bonds is 2. The van der Waals surface area contributed by atoms with Crippen molar-refractivity contribution in [3.63, 3.8) is 0 Å². The van der Waals surface area contributed by atoms with Crippen LogP contribution in [-0.4, -0.2) is 31.2 Å². The van der Waals surface area contributed by atoms with Gasteiger partial charge in [-0.15, -0.1) is 0 Å². The SMILES string of the molecule is CS(=O)(=O)c1nc2c(c(C3CC3)n1)NCC2. The van der Waals surface area contributed by atoms with E-state index in [4.69, 9.17) is 0 Å². The highest BCUT2D eigenvalue weighted by atomic mass is 32.2. The molecule has 0 atom stereocenters. The predicted molar refractivity (Wildman–Crippen MR) is 59.3 cm³/mol. The summed E-state index contributed by atoms with van der Waals surface area (Å²) in [7, 11) is -3.30. The zero-order chi connectivity index (χ0) is 11.3. The Morgan fingerprint density at radius 3 is 2.69 bits per heavy atom. The van der Waals surface area contributed by atoms with Gasteiger partial charge in [0.2, 0.25) is 15.0 Å². The standard InChI is InChI=1S/C10H13N3O2S/c1-16(14,15)10-12-7-4-5-11-9(7)8(13-10)6-2-3-6/h6,11H,2-5H2,1H3. The highest BCUT2D eigenvalue weighted by Gasteiger charge is 2.32. The summed E-state index contributed by atoms with van der Waals surface area (Å²) >= 11 is 0. The molecule has 0 unspecified atom stereocenters. The van der Waals surface area contributed by atoms with Gasteiger partial charge in [-0.3, -0.25) is 0 Å². The minimum absolute atomic E-state index is 0.0168. The maximum absolute atomic E-state index is 11.5. The van der Waals surface area contributed by atoms with E-state index in [1.54, 1.807) is 0 Å². The van der Waals surface area contributed by atoms with Gasteiger partial charge in [0.05, 0.1) is 17.1 Å². The molecule has 1 aromatic rings. The Hall–Kier alpha value is -1.17. The second kappa shape index (κ2) is 3.16. The molecule has 5 nitrogen and oxygen atoms in total. The molecule has 1 aliphatic carbocycles. The summed E-state index contributed by atoms with van der Waals surface area (Å²) in [4.78, 5) is 8.35. The van der Waals surface area contributed by atoms with E-state index in [2.05, 4.69) is 15.3 Å². The van der Waals surface area contributed by atoms with Crippen LogP contribution in [0.5, 0.6) is 0 Å². The summed E-state index contributed by atoms with van der Waals surface area (Å²) < 4.78 is 23.0. The van der Waals surface area contributed by atoms with Crippen LogP contribution in [0, 0.1) is 0 Å². The van der Waals surface area contributed by atoms with Crippen molar-refractivity contribution >= 4 is 15.5 Å². The first-order valence-corrected chi connectivity index (χ1v) is 7.29. The van der Waals surface area contributed by atoms with Crippen LogP contribution in [0.15, 0.2) is 5.16 Å². The smallest absolute Gasteiger partial charge is 0.247 e. The van der Waals surface area contributed by atoms with Crippen LogP contribution in [0.25, 0.3) is 0 Å². The lowest BCUT2D eigenvalue weighted by Crippen LogP contribution is -2.08. The van der Waals surface area contributed by atoms with E-state index in [-0.39, 0.29) is 5.16 Å². The number of nitrogens with one attached hydrogen (secondary N) is 1. The summed E-state index contributed by atoms with van der Waals surface area (Å²) in [6.45, 7) is 0.830. The zero-order valence-corrected chi connectivity index (χ0v) is 9.84. The van der Waals surface area contributed by atoms with Crippen molar-refractivity contribution < 1.29 is 8.42 Å². The van der Waals surface area contributed by atoms with Crippen LogP contribution in [0.3, 0.4) is 0 Å². The molecule has 0 bridgehead atoms. The molecule has 2 heterocycles. The van der Waals surface area contributed by atoms with Crippen LogP contribution < -0.4 is 5.32 Å². The third kappa shape index (κ3) is 1.57. The van der Waals surface area contributed by atoms with Gasteiger partial charge in [0, 0.05) is 25.1 Å². The summed E-state index contributed by atoms with van der Waals surface area (Å²) in [5.41, 5.74) is 2.75. The van der Waals surface area contributed by atoms with Crippen molar-refractivity contribution in [1.29, 1.82) is 0 Å². The Morgan fingerprint density at radius 1 is 1.31 bits per heavy atom. The second-order valence-electron chi connectivity index (χ2n) is 4.44. The molecule has 16 heavy (non-hydrogen) atoms. The van der Waals surface area contributed by atoms with E-state index in [1.807, 2.05) is 0 Å². The van der Waals surface area contributed by atoms with E-state index < -0.39 is 9.84 Å². The van der Waals surface area contributed by atoms with Gasteiger partial charge in [-0.25, -0.2) is 18.4 Å². The number of anilines is 1. The molecular formula is C10H13N3O2S. The molecule has 0 saturated heterocycles. The lowest BCUT2D eigenvalue weighted by atomic mass is 10.2. The van der Waals surface area contributed by atoms with Crippen LogP contribution in [0.2, 0.25) is 0 Å². The van der Waals surface area contributed by atoms with Crippen LogP contribution in [0.1, 0.15) is 30.1 Å². The predicted octanol–water partition coefficient (Wildman–Crippen LogP) is 0.726. The Kier molecular flexibility index (Phi) is 1.98. The Bertz CT molecular complexity index is 549. The van der Waals surface area contributed by atoms with Crippen molar-refractivity contribution in [3.8, 4) is 0 Å². The number of sulfone groups is 1. The Morgan fingerprint density at radius 2 is 2.06 bits per heavy atom. The quantitative estimate of drug-likeness (QED) is 0.770. The summed E-state index contributed by atoms with van der Waals surface area (Å²) in [6.07, 6.45) is 4.16. The molecule has 1 fully saturated rings. The number of aromatic nitrogens is 2. The monoisotopic (exact) mass is 239 g/mol. The summed E-state index contributed by atoms with van der Waals surface area (Å²) in [5, 5.41) is 3.23. The first kappa shape index (κ1) is 10.0. The van der Waals surface area contributed by atoms with E-state index in [0.717, 1.165) is 49.1 Å². The van der Waals surface area contributed by atoms with Crippen LogP contribution in [-0.2, 0) is 16.3 Å². The van der Waals surface area contributed by atoms with Gasteiger partial charge in [0.15, 0.2) is 0 Å². The molecule has 0 aromatic carbocycles. The minimum atomic E-state index is -3.30. The van der Waals surface area contributed by atoms with Gasteiger partial charge < -0.3 is 5.32 Å². The first-order valence-electron chi connectivity index (χ1n) is 5.40. The van der Waals surface area contributed by atoms with Crippen molar-refractivity contribution in [1.82, 2.24) is 9.97 Å². The molecule has 3 rings (SSSR count). The van der Waals surface area contributed by atoms with E-state index in [0.29, 0.717) is 5.92 Å². The maximum atomic E-state index is 11.5. The maximum Gasteiger partial charge on any atom is 0.247 e. The number of hydrogen-bond acceptors (Lipinski definition) is 5. The average Bonchev–Trinajstić information content (AvgIpc) is 2.93. The van der Waals surface area contributed by atoms with Crippen LogP contribution in [0.4, 0.5) is 5.69 Å². The third-order valence-corrected chi connectivity index (χ3v) is 3.80. The van der Waals surface area contributed by atoms with Gasteiger partial charge in [0.1, 0.15) is 0 Å². The average molecular weight is 239 g/mol. The molecule has 1 aliphatic heterocycles. The largest absolute Gasteiger partial charge is 0.382 e. The highest BCUT2D eigenvalue weighted by molar-refractivity contribution is 7.90. The second-order valence-corrected chi connectivity index (χ2v) is 6.35. The molecule has 1 aromatic heterocycles. The third-order valence-electron chi connectivity index (χ3n) is 2.95. The number of hydrogen-bond donors (Lipinski definition) is 1. The first-order chi connectivity index (χ1) is 7.55. The zero-order valence-electron chi connectivity index (χ0n) is 9.02. The van der Waals surface area contributed by atoms with Gasteiger partial charge in [-0.1, -0.05) is 0 Å². The van der Waals surface area contributed by atoms with Gasteiger partial charge >= 0.3 is 0 Å². The molecule has 0 amide bonds. The summed E-state index contributed by atoms with van der Waals surface area (Å²) in [6, 6.07) is 0. The molecule has 2 aliphatic rings. The molecule has 6 heteroatoms. The summed E-state index contributed by atoms with van der Waals surface area (Å²) in [5.74, 6) is 0.433. The lowest BCUT2D eigenvalue weighted by molar-refractivity contribution is 0.591. The van der Waals surface area contributed by atoms with E-state index >= 15 is 0 Å². The van der Waals surface area contributed by atoms with Gasteiger partial charge in [-0.05, 0) is 12.8 Å². The topological polar surface area (TPSA) is 72.0 Å². The normalized spacial score (nSPS) is 19.3. The van der Waals surface area contributed by atoms with Gasteiger partial charge in [0.25, 0.3) is 0 Å². The molecule has 0 spiro atoms. The van der Waals surface area contributed by atoms with E-state index in [1.165, 1.54) is 0 Å². The molecular weight excluding hydrogens is 226 g/mol. The van der Waals surface area contributed by atoms with Crippen molar-refractivity contribution in [3.05, 3.63) is 11.4 Å². The molecule has 1 N–H and O–H groups in total. The van der Waals surface area contributed by atoms with Gasteiger partial charge in [-0.2, -0.15) is 0 Å². The minimum Gasteiger partial charge on any atom is -0.382 e. The van der Waals surface area contributed by atoms with Crippen molar-refractivity contribution in [2.45, 2.75) is 30.3 Å². The number of nitrogens with zero attached hydrogens (tertiary/aromatic N) is 2. The van der Waals surface area contributed by atoms with Crippen molar-refractivity contribution in [2.24, 2.45) is 0 Å². The molecule has 0 radical (unpaired) electrons. The fraction of sp³-hybridized carbons (Fsp3) is 0.600. The highest BCUT2D eigenvalue weighted by Crippen LogP contribution is 2.44. The fourth-order valence-electron chi connectivity index (χ4n) is 2.00. The van der Waals surface area contributed by atoms with E-state index in [9.17, 15) is 8.42 Å². The lowest BCUT2D eigenvalue weighted by Gasteiger charge is -2.08. The molecule has 86 valence electrons.